The molecule has 1 aromatic heterocycles. The van der Waals surface area contributed by atoms with Crippen molar-refractivity contribution in [2.45, 2.75) is 6.42 Å². The zero-order chi connectivity index (χ0) is 21.3. The maximum Gasteiger partial charge on any atom is 0.252 e. The van der Waals surface area contributed by atoms with E-state index in [4.69, 9.17) is 16.3 Å². The second-order valence-corrected chi connectivity index (χ2v) is 7.55. The third-order valence-corrected chi connectivity index (χ3v) is 5.21. The van der Waals surface area contributed by atoms with Crippen LogP contribution in [0.1, 0.15) is 20.9 Å². The van der Waals surface area contributed by atoms with E-state index < -0.39 is 0 Å². The van der Waals surface area contributed by atoms with Crippen LogP contribution in [0.2, 0.25) is 5.02 Å². The average molecular weight is 443 g/mol. The lowest BCUT2D eigenvalue weighted by Gasteiger charge is -2.05. The summed E-state index contributed by atoms with van der Waals surface area (Å²) in [5.41, 5.74) is 1.30. The highest BCUT2D eigenvalue weighted by Crippen LogP contribution is 2.17. The van der Waals surface area contributed by atoms with Gasteiger partial charge in [0.15, 0.2) is 0 Å². The molecule has 0 aliphatic rings. The van der Waals surface area contributed by atoms with Gasteiger partial charge in [0.1, 0.15) is 10.8 Å². The van der Waals surface area contributed by atoms with Crippen LogP contribution < -0.4 is 15.4 Å². The molecule has 0 atom stereocenters. The number of aromatic nitrogens is 2. The molecule has 0 bridgehead atoms. The van der Waals surface area contributed by atoms with E-state index >= 15 is 0 Å². The van der Waals surface area contributed by atoms with Gasteiger partial charge in [0.25, 0.3) is 5.91 Å². The van der Waals surface area contributed by atoms with E-state index in [9.17, 15) is 9.59 Å². The van der Waals surface area contributed by atoms with Crippen LogP contribution in [0.5, 0.6) is 5.75 Å². The van der Waals surface area contributed by atoms with Crippen molar-refractivity contribution in [1.29, 1.82) is 0 Å². The molecule has 7 nitrogen and oxygen atoms in total. The zero-order valence-corrected chi connectivity index (χ0v) is 17.7. The summed E-state index contributed by atoms with van der Waals surface area (Å²) in [7, 11) is 1.60. The van der Waals surface area contributed by atoms with Crippen molar-refractivity contribution in [3.8, 4) is 5.75 Å². The standard InChI is InChI=1S/C21H19ClN4O3S/c1-29-15-9-6-14(7-10-15)8-11-18(27)24-21-26-25-19(30-21)12-13-23-20(28)16-4-2-3-5-17(16)22/h2-11H,12-13H2,1H3,(H,23,28)(H,24,26,27)/b11-8+. The normalized spacial score (nSPS) is 10.7. The molecular formula is C21H19ClN4O3S. The molecule has 154 valence electrons. The number of hydrogen-bond acceptors (Lipinski definition) is 6. The van der Waals surface area contributed by atoms with Crippen LogP contribution in [0, 0.1) is 0 Å². The molecule has 2 aromatic carbocycles. The molecule has 0 aliphatic carbocycles. The van der Waals surface area contributed by atoms with Gasteiger partial charge in [-0.25, -0.2) is 0 Å². The van der Waals surface area contributed by atoms with E-state index in [1.807, 2.05) is 24.3 Å². The summed E-state index contributed by atoms with van der Waals surface area (Å²) in [6.45, 7) is 0.379. The van der Waals surface area contributed by atoms with Gasteiger partial charge >= 0.3 is 0 Å². The van der Waals surface area contributed by atoms with Crippen molar-refractivity contribution >= 4 is 46.0 Å². The highest BCUT2D eigenvalue weighted by molar-refractivity contribution is 7.15. The van der Waals surface area contributed by atoms with Gasteiger partial charge in [0, 0.05) is 19.0 Å². The van der Waals surface area contributed by atoms with Gasteiger partial charge in [-0.2, -0.15) is 0 Å². The molecule has 30 heavy (non-hydrogen) atoms. The maximum atomic E-state index is 12.1. The van der Waals surface area contributed by atoms with Gasteiger partial charge in [-0.1, -0.05) is 47.2 Å². The summed E-state index contributed by atoms with van der Waals surface area (Å²) in [4.78, 5) is 24.2. The Labute approximate surface area is 182 Å². The number of methoxy groups -OCH3 is 1. The van der Waals surface area contributed by atoms with Crippen molar-refractivity contribution < 1.29 is 14.3 Å². The van der Waals surface area contributed by atoms with Crippen LogP contribution in [-0.2, 0) is 11.2 Å². The number of amides is 2. The van der Waals surface area contributed by atoms with Gasteiger partial charge in [0.2, 0.25) is 11.0 Å². The molecule has 0 spiro atoms. The molecule has 1 heterocycles. The lowest BCUT2D eigenvalue weighted by molar-refractivity contribution is -0.111. The monoisotopic (exact) mass is 442 g/mol. The molecule has 9 heteroatoms. The van der Waals surface area contributed by atoms with Crippen molar-refractivity contribution in [2.75, 3.05) is 19.0 Å². The molecule has 2 N–H and O–H groups in total. The van der Waals surface area contributed by atoms with Crippen LogP contribution in [-0.4, -0.2) is 35.7 Å². The fourth-order valence-electron chi connectivity index (χ4n) is 2.46. The first kappa shape index (κ1) is 21.5. The zero-order valence-electron chi connectivity index (χ0n) is 16.1. The molecule has 3 rings (SSSR count). The summed E-state index contributed by atoms with van der Waals surface area (Å²) in [5.74, 6) is 0.198. The summed E-state index contributed by atoms with van der Waals surface area (Å²) in [6.07, 6.45) is 3.61. The Hall–Kier alpha value is -3.23. The Morgan fingerprint density at radius 1 is 1.13 bits per heavy atom. The third kappa shape index (κ3) is 6.13. The summed E-state index contributed by atoms with van der Waals surface area (Å²) >= 11 is 7.27. The van der Waals surface area contributed by atoms with Crippen molar-refractivity contribution in [3.63, 3.8) is 0 Å². The highest BCUT2D eigenvalue weighted by Gasteiger charge is 2.10. The van der Waals surface area contributed by atoms with Crippen LogP contribution in [0.4, 0.5) is 5.13 Å². The number of nitrogens with one attached hydrogen (secondary N) is 2. The number of anilines is 1. The minimum absolute atomic E-state index is 0.248. The molecule has 0 unspecified atom stereocenters. The van der Waals surface area contributed by atoms with Gasteiger partial charge in [-0.15, -0.1) is 10.2 Å². The SMILES string of the molecule is COc1ccc(/C=C/C(=O)Nc2nnc(CCNC(=O)c3ccccc3Cl)s2)cc1. The van der Waals surface area contributed by atoms with E-state index in [2.05, 4.69) is 20.8 Å². The van der Waals surface area contributed by atoms with Crippen molar-refractivity contribution in [1.82, 2.24) is 15.5 Å². The first-order valence-electron chi connectivity index (χ1n) is 9.03. The summed E-state index contributed by atoms with van der Waals surface area (Å²) in [6, 6.07) is 14.2. The van der Waals surface area contributed by atoms with E-state index in [1.54, 1.807) is 37.5 Å². The van der Waals surface area contributed by atoms with E-state index in [0.717, 1.165) is 11.3 Å². The van der Waals surface area contributed by atoms with E-state index in [0.29, 0.717) is 33.7 Å². The quantitative estimate of drug-likeness (QED) is 0.517. The van der Waals surface area contributed by atoms with Gasteiger partial charge in [-0.3, -0.25) is 14.9 Å². The number of rotatable bonds is 8. The molecule has 0 saturated heterocycles. The first-order valence-corrected chi connectivity index (χ1v) is 10.2. The third-order valence-electron chi connectivity index (χ3n) is 3.98. The van der Waals surface area contributed by atoms with Crippen LogP contribution in [0.15, 0.2) is 54.6 Å². The van der Waals surface area contributed by atoms with Crippen LogP contribution in [0.3, 0.4) is 0 Å². The lowest BCUT2D eigenvalue weighted by Crippen LogP contribution is -2.25. The first-order chi connectivity index (χ1) is 14.5. The smallest absolute Gasteiger partial charge is 0.252 e. The minimum Gasteiger partial charge on any atom is -0.497 e. The maximum absolute atomic E-state index is 12.1. The molecule has 2 amide bonds. The average Bonchev–Trinajstić information content (AvgIpc) is 3.20. The Morgan fingerprint density at radius 3 is 2.63 bits per heavy atom. The molecule has 0 saturated carbocycles. The topological polar surface area (TPSA) is 93.2 Å². The number of halogens is 1. The van der Waals surface area contributed by atoms with Gasteiger partial charge < -0.3 is 10.1 Å². The predicted molar refractivity (Wildman–Crippen MR) is 118 cm³/mol. The van der Waals surface area contributed by atoms with E-state index in [-0.39, 0.29) is 11.8 Å². The highest BCUT2D eigenvalue weighted by atomic mass is 35.5. The summed E-state index contributed by atoms with van der Waals surface area (Å²) in [5, 5.41) is 15.0. The molecular weight excluding hydrogens is 424 g/mol. The predicted octanol–water partition coefficient (Wildman–Crippen LogP) is 3.82. The Kier molecular flexibility index (Phi) is 7.53. The van der Waals surface area contributed by atoms with Crippen LogP contribution in [0.25, 0.3) is 6.08 Å². The van der Waals surface area contributed by atoms with Crippen LogP contribution >= 0.6 is 22.9 Å². The number of hydrogen-bond donors (Lipinski definition) is 2. The fourth-order valence-corrected chi connectivity index (χ4v) is 3.43. The molecule has 3 aromatic rings. The minimum atomic E-state index is -0.305. The van der Waals surface area contributed by atoms with Crippen molar-refractivity contribution in [3.05, 3.63) is 75.8 Å². The Balaban J connectivity index is 1.46. The number of carbonyl (C=O) groups excluding carboxylic acids is 2. The number of ether oxygens (including phenoxy) is 1. The van der Waals surface area contributed by atoms with Gasteiger partial charge in [-0.05, 0) is 35.9 Å². The molecule has 0 fully saturated rings. The van der Waals surface area contributed by atoms with Gasteiger partial charge in [0.05, 0.1) is 17.7 Å². The second kappa shape index (κ2) is 10.5. The second-order valence-electron chi connectivity index (χ2n) is 6.08. The van der Waals surface area contributed by atoms with Crippen molar-refractivity contribution in [2.24, 2.45) is 0 Å². The number of carbonyl (C=O) groups is 2. The fraction of sp³-hybridized carbons (Fsp3) is 0.143. The largest absolute Gasteiger partial charge is 0.497 e. The van der Waals surface area contributed by atoms with E-state index in [1.165, 1.54) is 17.4 Å². The molecule has 0 aliphatic heterocycles. The summed E-state index contributed by atoms with van der Waals surface area (Å²) < 4.78 is 5.10. The Bertz CT molecular complexity index is 1050. The molecule has 0 radical (unpaired) electrons. The number of nitrogens with zero attached hydrogens (tertiary/aromatic N) is 2. The Morgan fingerprint density at radius 2 is 1.90 bits per heavy atom. The number of benzene rings is 2. The lowest BCUT2D eigenvalue weighted by atomic mass is 10.2.